The highest BCUT2D eigenvalue weighted by Gasteiger charge is 2.30. The number of halogens is 2. The summed E-state index contributed by atoms with van der Waals surface area (Å²) in [5.74, 6) is 0.176. The molecule has 2 amide bonds. The molecule has 0 aromatic carbocycles. The zero-order valence-electron chi connectivity index (χ0n) is 13.3. The molecule has 1 aliphatic heterocycles. The van der Waals surface area contributed by atoms with Crippen LogP contribution in [0.2, 0.25) is 0 Å². The molecule has 1 saturated heterocycles. The number of rotatable bonds is 3. The number of thiophene rings is 1. The van der Waals surface area contributed by atoms with E-state index in [4.69, 9.17) is 4.74 Å². The van der Waals surface area contributed by atoms with E-state index in [-0.39, 0.29) is 17.9 Å². The van der Waals surface area contributed by atoms with Crippen LogP contribution in [-0.2, 0) is 4.74 Å². The van der Waals surface area contributed by atoms with Gasteiger partial charge in [0.1, 0.15) is 5.60 Å². The third-order valence-corrected chi connectivity index (χ3v) is 6.61. The van der Waals surface area contributed by atoms with Gasteiger partial charge in [-0.05, 0) is 71.0 Å². The van der Waals surface area contributed by atoms with E-state index in [9.17, 15) is 9.59 Å². The van der Waals surface area contributed by atoms with Crippen LogP contribution in [0.5, 0.6) is 0 Å². The molecular weight excluding hydrogens is 448 g/mol. The molecular formula is C15H20Br2N2O3S. The molecule has 1 aliphatic rings. The monoisotopic (exact) mass is 466 g/mol. The molecule has 5 nitrogen and oxygen atoms in total. The van der Waals surface area contributed by atoms with Crippen molar-refractivity contribution in [3.8, 4) is 0 Å². The highest BCUT2D eigenvalue weighted by molar-refractivity contribution is 9.13. The minimum absolute atomic E-state index is 0.0860. The molecule has 1 atom stereocenters. The van der Waals surface area contributed by atoms with Gasteiger partial charge < -0.3 is 15.0 Å². The van der Waals surface area contributed by atoms with Crippen LogP contribution in [-0.4, -0.2) is 42.1 Å². The lowest BCUT2D eigenvalue weighted by Crippen LogP contribution is -2.36. The molecule has 0 bridgehead atoms. The predicted molar refractivity (Wildman–Crippen MR) is 98.0 cm³/mol. The standard InChI is InChI=1S/C15H20Br2N2O3S/c1-15(2,3)22-14(21)19-5-4-9(8-19)7-18-13(20)11-6-10(16)12(17)23-11/h6,9H,4-5,7-8H2,1-3H3,(H,18,20)/t9-/m0/s1. The number of carbonyl (C=O) groups excluding carboxylic acids is 2. The normalized spacial score (nSPS) is 18.1. The molecule has 0 unspecified atom stereocenters. The average Bonchev–Trinajstić information content (AvgIpc) is 3.02. The molecule has 128 valence electrons. The van der Waals surface area contributed by atoms with Gasteiger partial charge in [-0.1, -0.05) is 0 Å². The first-order valence-corrected chi connectivity index (χ1v) is 9.77. The quantitative estimate of drug-likeness (QED) is 0.722. The summed E-state index contributed by atoms with van der Waals surface area (Å²) >= 11 is 8.15. The first-order chi connectivity index (χ1) is 10.7. The molecule has 2 rings (SSSR count). The largest absolute Gasteiger partial charge is 0.444 e. The lowest BCUT2D eigenvalue weighted by molar-refractivity contribution is 0.0288. The van der Waals surface area contributed by atoms with Crippen LogP contribution in [0, 0.1) is 5.92 Å². The molecule has 2 heterocycles. The molecule has 1 aromatic heterocycles. The van der Waals surface area contributed by atoms with Gasteiger partial charge in [0.15, 0.2) is 0 Å². The number of hydrogen-bond acceptors (Lipinski definition) is 4. The van der Waals surface area contributed by atoms with Crippen molar-refractivity contribution in [1.82, 2.24) is 10.2 Å². The van der Waals surface area contributed by atoms with Crippen LogP contribution in [0.4, 0.5) is 4.79 Å². The summed E-state index contributed by atoms with van der Waals surface area (Å²) in [4.78, 5) is 26.5. The van der Waals surface area contributed by atoms with Gasteiger partial charge in [-0.2, -0.15) is 0 Å². The van der Waals surface area contributed by atoms with E-state index in [2.05, 4.69) is 37.2 Å². The maximum Gasteiger partial charge on any atom is 0.410 e. The topological polar surface area (TPSA) is 58.6 Å². The van der Waals surface area contributed by atoms with Crippen LogP contribution < -0.4 is 5.32 Å². The first-order valence-electron chi connectivity index (χ1n) is 7.36. The maximum absolute atomic E-state index is 12.1. The van der Waals surface area contributed by atoms with Crippen LogP contribution in [0.25, 0.3) is 0 Å². The number of hydrogen-bond donors (Lipinski definition) is 1. The fraction of sp³-hybridized carbons (Fsp3) is 0.600. The fourth-order valence-electron chi connectivity index (χ4n) is 2.27. The third kappa shape index (κ3) is 5.46. The van der Waals surface area contributed by atoms with Crippen molar-refractivity contribution in [2.75, 3.05) is 19.6 Å². The Labute approximate surface area is 157 Å². The second-order valence-electron chi connectivity index (χ2n) is 6.52. The first kappa shape index (κ1) is 18.7. The van der Waals surface area contributed by atoms with E-state index >= 15 is 0 Å². The van der Waals surface area contributed by atoms with E-state index in [0.29, 0.717) is 24.5 Å². The van der Waals surface area contributed by atoms with E-state index in [1.807, 2.05) is 20.8 Å². The van der Waals surface area contributed by atoms with E-state index in [1.165, 1.54) is 11.3 Å². The molecule has 1 N–H and O–H groups in total. The molecule has 0 radical (unpaired) electrons. The van der Waals surface area contributed by atoms with Crippen molar-refractivity contribution < 1.29 is 14.3 Å². The van der Waals surface area contributed by atoms with Gasteiger partial charge in [0.05, 0.1) is 8.66 Å². The summed E-state index contributed by atoms with van der Waals surface area (Å²) in [5, 5.41) is 2.94. The van der Waals surface area contributed by atoms with Crippen molar-refractivity contribution in [2.24, 2.45) is 5.92 Å². The highest BCUT2D eigenvalue weighted by Crippen LogP contribution is 2.32. The number of ether oxygens (including phenoxy) is 1. The van der Waals surface area contributed by atoms with Crippen LogP contribution in [0.1, 0.15) is 36.9 Å². The van der Waals surface area contributed by atoms with Crippen molar-refractivity contribution >= 4 is 55.2 Å². The van der Waals surface area contributed by atoms with Crippen LogP contribution in [0.15, 0.2) is 14.3 Å². The number of amides is 2. The summed E-state index contributed by atoms with van der Waals surface area (Å²) in [6.45, 7) is 7.42. The SMILES string of the molecule is CC(C)(C)OC(=O)N1CC[C@@H](CNC(=O)c2cc(Br)c(Br)s2)C1. The van der Waals surface area contributed by atoms with Gasteiger partial charge in [-0.25, -0.2) is 4.79 Å². The molecule has 1 aromatic rings. The Balaban J connectivity index is 1.79. The molecule has 0 saturated carbocycles. The number of likely N-dealkylation sites (tertiary alicyclic amines) is 1. The Bertz CT molecular complexity index is 579. The Morgan fingerprint density at radius 3 is 2.70 bits per heavy atom. The van der Waals surface area contributed by atoms with Crippen molar-refractivity contribution in [2.45, 2.75) is 32.8 Å². The lowest BCUT2D eigenvalue weighted by Gasteiger charge is -2.24. The third-order valence-electron chi connectivity index (χ3n) is 3.36. The van der Waals surface area contributed by atoms with Crippen molar-refractivity contribution in [3.63, 3.8) is 0 Å². The summed E-state index contributed by atoms with van der Waals surface area (Å²) in [5.41, 5.74) is -0.483. The maximum atomic E-state index is 12.1. The summed E-state index contributed by atoms with van der Waals surface area (Å²) in [6, 6.07) is 1.80. The zero-order valence-corrected chi connectivity index (χ0v) is 17.3. The second-order valence-corrected chi connectivity index (χ2v) is 9.75. The van der Waals surface area contributed by atoms with Gasteiger partial charge in [0, 0.05) is 24.1 Å². The molecule has 0 aliphatic carbocycles. The fourth-order valence-corrected chi connectivity index (χ4v) is 4.23. The van der Waals surface area contributed by atoms with Crippen molar-refractivity contribution in [1.29, 1.82) is 0 Å². The Hall–Kier alpha value is -0.600. The Morgan fingerprint density at radius 2 is 2.13 bits per heavy atom. The smallest absolute Gasteiger partial charge is 0.410 e. The lowest BCUT2D eigenvalue weighted by atomic mass is 10.1. The van der Waals surface area contributed by atoms with Crippen LogP contribution in [0.3, 0.4) is 0 Å². The summed E-state index contributed by atoms with van der Waals surface area (Å²) in [7, 11) is 0. The van der Waals surface area contributed by atoms with Gasteiger partial charge >= 0.3 is 6.09 Å². The minimum atomic E-state index is -0.483. The predicted octanol–water partition coefficient (Wildman–Crippen LogP) is 4.26. The average molecular weight is 468 g/mol. The molecule has 8 heteroatoms. The van der Waals surface area contributed by atoms with E-state index in [0.717, 1.165) is 14.7 Å². The van der Waals surface area contributed by atoms with Gasteiger partial charge in [-0.15, -0.1) is 11.3 Å². The molecule has 0 spiro atoms. The summed E-state index contributed by atoms with van der Waals surface area (Å²) < 4.78 is 7.15. The van der Waals surface area contributed by atoms with Gasteiger partial charge in [0.2, 0.25) is 0 Å². The minimum Gasteiger partial charge on any atom is -0.444 e. The van der Waals surface area contributed by atoms with Crippen LogP contribution >= 0.6 is 43.2 Å². The van der Waals surface area contributed by atoms with Crippen molar-refractivity contribution in [3.05, 3.63) is 19.2 Å². The number of carbonyl (C=O) groups is 2. The number of nitrogens with zero attached hydrogens (tertiary/aromatic N) is 1. The zero-order chi connectivity index (χ0) is 17.2. The van der Waals surface area contributed by atoms with E-state index < -0.39 is 5.60 Å². The second kappa shape index (κ2) is 7.53. The van der Waals surface area contributed by atoms with Gasteiger partial charge in [-0.3, -0.25) is 4.79 Å². The summed E-state index contributed by atoms with van der Waals surface area (Å²) in [6.07, 6.45) is 0.592. The molecule has 23 heavy (non-hydrogen) atoms. The highest BCUT2D eigenvalue weighted by atomic mass is 79.9. The van der Waals surface area contributed by atoms with Gasteiger partial charge in [0.25, 0.3) is 5.91 Å². The van der Waals surface area contributed by atoms with E-state index in [1.54, 1.807) is 11.0 Å². The number of nitrogens with one attached hydrogen (secondary N) is 1. The molecule has 1 fully saturated rings. The Morgan fingerprint density at radius 1 is 1.43 bits per heavy atom. The Kier molecular flexibility index (Phi) is 6.13.